The zero-order valence-electron chi connectivity index (χ0n) is 18.7. The summed E-state index contributed by atoms with van der Waals surface area (Å²) in [5.41, 5.74) is 4.12. The SMILES string of the molecule is COc1cc(-c2cnn(C)c2)ccc1Cc1ncc2ccnc(NCC(C)(C)C)c2n1. The van der Waals surface area contributed by atoms with Crippen molar-refractivity contribution in [3.63, 3.8) is 0 Å². The maximum atomic E-state index is 5.67. The highest BCUT2D eigenvalue weighted by Crippen LogP contribution is 2.29. The van der Waals surface area contributed by atoms with E-state index < -0.39 is 0 Å². The summed E-state index contributed by atoms with van der Waals surface area (Å²) in [5.74, 6) is 2.32. The predicted octanol–water partition coefficient (Wildman–Crippen LogP) is 4.48. The largest absolute Gasteiger partial charge is 0.496 e. The molecule has 0 bridgehead atoms. The fourth-order valence-electron chi connectivity index (χ4n) is 3.37. The van der Waals surface area contributed by atoms with Gasteiger partial charge in [0.05, 0.1) is 13.3 Å². The lowest BCUT2D eigenvalue weighted by Gasteiger charge is -2.19. The molecule has 0 saturated carbocycles. The molecular formula is C24H28N6O. The molecule has 0 amide bonds. The van der Waals surface area contributed by atoms with Crippen LogP contribution in [0.15, 0.2) is 49.1 Å². The number of anilines is 1. The molecule has 3 aromatic heterocycles. The fraction of sp³-hybridized carbons (Fsp3) is 0.333. The lowest BCUT2D eigenvalue weighted by atomic mass is 9.97. The second kappa shape index (κ2) is 8.34. The van der Waals surface area contributed by atoms with Crippen LogP contribution in [0.3, 0.4) is 0 Å². The van der Waals surface area contributed by atoms with Gasteiger partial charge in [-0.1, -0.05) is 32.9 Å². The van der Waals surface area contributed by atoms with E-state index >= 15 is 0 Å². The number of ether oxygens (including phenoxy) is 1. The van der Waals surface area contributed by atoms with Crippen molar-refractivity contribution in [1.82, 2.24) is 24.7 Å². The molecule has 0 atom stereocenters. The zero-order valence-corrected chi connectivity index (χ0v) is 18.7. The van der Waals surface area contributed by atoms with Crippen molar-refractivity contribution in [1.29, 1.82) is 0 Å². The van der Waals surface area contributed by atoms with Crippen LogP contribution in [0.5, 0.6) is 5.75 Å². The fourth-order valence-corrected chi connectivity index (χ4v) is 3.37. The van der Waals surface area contributed by atoms with E-state index in [-0.39, 0.29) is 5.41 Å². The Kier molecular flexibility index (Phi) is 5.59. The number of aryl methyl sites for hydroxylation is 1. The first kappa shape index (κ1) is 20.8. The van der Waals surface area contributed by atoms with Crippen LogP contribution in [0.25, 0.3) is 22.0 Å². The van der Waals surface area contributed by atoms with E-state index in [0.29, 0.717) is 6.42 Å². The van der Waals surface area contributed by atoms with Crippen LogP contribution >= 0.6 is 0 Å². The highest BCUT2D eigenvalue weighted by atomic mass is 16.5. The van der Waals surface area contributed by atoms with Crippen molar-refractivity contribution in [2.75, 3.05) is 19.0 Å². The van der Waals surface area contributed by atoms with E-state index in [4.69, 9.17) is 9.72 Å². The average molecular weight is 417 g/mol. The Labute approximate surface area is 182 Å². The van der Waals surface area contributed by atoms with Gasteiger partial charge in [0.2, 0.25) is 0 Å². The number of fused-ring (bicyclic) bond motifs is 1. The van der Waals surface area contributed by atoms with Gasteiger partial charge < -0.3 is 10.1 Å². The minimum atomic E-state index is 0.142. The van der Waals surface area contributed by atoms with Gasteiger partial charge in [0.25, 0.3) is 0 Å². The lowest BCUT2D eigenvalue weighted by molar-refractivity contribution is 0.410. The lowest BCUT2D eigenvalue weighted by Crippen LogP contribution is -2.19. The summed E-state index contributed by atoms with van der Waals surface area (Å²) < 4.78 is 7.46. The summed E-state index contributed by atoms with van der Waals surface area (Å²) in [5, 5.41) is 8.65. The number of pyridine rings is 1. The van der Waals surface area contributed by atoms with Crippen LogP contribution in [-0.2, 0) is 13.5 Å². The highest BCUT2D eigenvalue weighted by molar-refractivity contribution is 5.87. The third kappa shape index (κ3) is 4.82. The molecule has 0 unspecified atom stereocenters. The Balaban J connectivity index is 1.63. The van der Waals surface area contributed by atoms with Crippen molar-refractivity contribution in [3.05, 3.63) is 60.4 Å². The number of hydrogen-bond donors (Lipinski definition) is 1. The quantitative estimate of drug-likeness (QED) is 0.499. The van der Waals surface area contributed by atoms with Gasteiger partial charge in [-0.15, -0.1) is 0 Å². The van der Waals surface area contributed by atoms with E-state index in [1.54, 1.807) is 18.0 Å². The van der Waals surface area contributed by atoms with Crippen LogP contribution in [-0.4, -0.2) is 38.4 Å². The molecule has 0 aliphatic carbocycles. The molecule has 0 saturated heterocycles. The maximum absolute atomic E-state index is 5.67. The van der Waals surface area contributed by atoms with Gasteiger partial charge in [-0.05, 0) is 23.1 Å². The first-order chi connectivity index (χ1) is 14.8. The topological polar surface area (TPSA) is 77.8 Å². The Morgan fingerprint density at radius 1 is 1.06 bits per heavy atom. The molecular weight excluding hydrogens is 388 g/mol. The van der Waals surface area contributed by atoms with Gasteiger partial charge in [-0.25, -0.2) is 15.0 Å². The van der Waals surface area contributed by atoms with Crippen LogP contribution in [0, 0.1) is 5.41 Å². The van der Waals surface area contributed by atoms with Crippen LogP contribution in [0.1, 0.15) is 32.2 Å². The number of benzene rings is 1. The summed E-state index contributed by atoms with van der Waals surface area (Å²) in [6.45, 7) is 7.37. The normalized spacial score (nSPS) is 11.6. The third-order valence-electron chi connectivity index (χ3n) is 5.01. The number of methoxy groups -OCH3 is 1. The zero-order chi connectivity index (χ0) is 22.0. The molecule has 0 aliphatic heterocycles. The predicted molar refractivity (Wildman–Crippen MR) is 123 cm³/mol. The van der Waals surface area contributed by atoms with Gasteiger partial charge in [0.1, 0.15) is 17.1 Å². The molecule has 160 valence electrons. The first-order valence-corrected chi connectivity index (χ1v) is 10.3. The summed E-state index contributed by atoms with van der Waals surface area (Å²) in [7, 11) is 3.59. The Hall–Kier alpha value is -3.48. The monoisotopic (exact) mass is 416 g/mol. The van der Waals surface area contributed by atoms with E-state index in [1.165, 1.54) is 0 Å². The summed E-state index contributed by atoms with van der Waals surface area (Å²) in [6, 6.07) is 8.11. The number of nitrogens with one attached hydrogen (secondary N) is 1. The molecule has 1 N–H and O–H groups in total. The molecule has 31 heavy (non-hydrogen) atoms. The van der Waals surface area contributed by atoms with Gasteiger partial charge >= 0.3 is 0 Å². The number of nitrogens with zero attached hydrogens (tertiary/aromatic N) is 5. The first-order valence-electron chi connectivity index (χ1n) is 10.3. The van der Waals surface area contributed by atoms with E-state index in [1.807, 2.05) is 37.8 Å². The molecule has 0 spiro atoms. The molecule has 0 fully saturated rings. The molecule has 7 nitrogen and oxygen atoms in total. The van der Waals surface area contributed by atoms with Gasteiger partial charge in [-0.3, -0.25) is 4.68 Å². The molecule has 0 radical (unpaired) electrons. The molecule has 7 heteroatoms. The average Bonchev–Trinajstić information content (AvgIpc) is 3.18. The Morgan fingerprint density at radius 2 is 1.90 bits per heavy atom. The van der Waals surface area contributed by atoms with Crippen LogP contribution < -0.4 is 10.1 Å². The third-order valence-corrected chi connectivity index (χ3v) is 5.01. The van der Waals surface area contributed by atoms with Gasteiger partial charge in [0, 0.05) is 55.1 Å². The van der Waals surface area contributed by atoms with E-state index in [2.05, 4.69) is 53.3 Å². The standard InChI is InChI=1S/C24H28N6O/c1-24(2,3)15-27-23-22-18(8-9-25-23)12-26-21(29-22)11-17-7-6-16(10-20(17)31-5)19-13-28-30(4)14-19/h6-10,12-14H,11,15H2,1-5H3,(H,25,27). The van der Waals surface area contributed by atoms with Crippen molar-refractivity contribution in [2.24, 2.45) is 12.5 Å². The van der Waals surface area contributed by atoms with Crippen molar-refractivity contribution >= 4 is 16.7 Å². The Bertz CT molecular complexity index is 1210. The number of hydrogen-bond acceptors (Lipinski definition) is 6. The van der Waals surface area contributed by atoms with Crippen LogP contribution in [0.2, 0.25) is 0 Å². The van der Waals surface area contributed by atoms with E-state index in [9.17, 15) is 0 Å². The minimum absolute atomic E-state index is 0.142. The van der Waals surface area contributed by atoms with Gasteiger partial charge in [0.15, 0.2) is 5.82 Å². The maximum Gasteiger partial charge on any atom is 0.152 e. The van der Waals surface area contributed by atoms with Crippen molar-refractivity contribution in [2.45, 2.75) is 27.2 Å². The second-order valence-electron chi connectivity index (χ2n) is 8.90. The van der Waals surface area contributed by atoms with Crippen molar-refractivity contribution < 1.29 is 4.74 Å². The number of rotatable bonds is 6. The minimum Gasteiger partial charge on any atom is -0.496 e. The smallest absolute Gasteiger partial charge is 0.152 e. The molecule has 4 rings (SSSR count). The molecule has 4 aromatic rings. The molecule has 3 heterocycles. The van der Waals surface area contributed by atoms with Crippen LogP contribution in [0.4, 0.5) is 5.82 Å². The highest BCUT2D eigenvalue weighted by Gasteiger charge is 2.14. The van der Waals surface area contributed by atoms with Gasteiger partial charge in [-0.2, -0.15) is 5.10 Å². The van der Waals surface area contributed by atoms with E-state index in [0.717, 1.165) is 51.5 Å². The van der Waals surface area contributed by atoms with Crippen molar-refractivity contribution in [3.8, 4) is 16.9 Å². The molecule has 1 aromatic carbocycles. The number of aromatic nitrogens is 5. The summed E-state index contributed by atoms with van der Waals surface area (Å²) in [6.07, 6.45) is 8.05. The summed E-state index contributed by atoms with van der Waals surface area (Å²) >= 11 is 0. The second-order valence-corrected chi connectivity index (χ2v) is 8.90. The molecule has 0 aliphatic rings. The Morgan fingerprint density at radius 3 is 2.61 bits per heavy atom. The summed E-state index contributed by atoms with van der Waals surface area (Å²) in [4.78, 5) is 13.9.